The largest absolute Gasteiger partial charge is 0.497 e. The van der Waals surface area contributed by atoms with E-state index in [0.717, 1.165) is 12.2 Å². The summed E-state index contributed by atoms with van der Waals surface area (Å²) < 4.78 is 6.42. The minimum atomic E-state index is 0.0196. The Morgan fingerprint density at radius 1 is 1.47 bits per heavy atom. The second-order valence-electron chi connectivity index (χ2n) is 3.86. The summed E-state index contributed by atoms with van der Waals surface area (Å²) in [5.41, 5.74) is 1.28. The third kappa shape index (κ3) is 2.77. The van der Waals surface area contributed by atoms with Gasteiger partial charge in [-0.1, -0.05) is 0 Å². The van der Waals surface area contributed by atoms with E-state index in [1.165, 1.54) is 22.6 Å². The first kappa shape index (κ1) is 11.9. The van der Waals surface area contributed by atoms with E-state index in [4.69, 9.17) is 4.74 Å². The molecule has 1 N–H and O–H groups in total. The maximum Gasteiger partial charge on any atom is 0.216 e. The molecule has 0 atom stereocenters. The van der Waals surface area contributed by atoms with Gasteiger partial charge in [0, 0.05) is 18.2 Å². The van der Waals surface area contributed by atoms with Crippen molar-refractivity contribution in [1.82, 2.24) is 5.32 Å². The lowest BCUT2D eigenvalue weighted by Crippen LogP contribution is -2.22. The number of rotatable bonds is 4. The highest BCUT2D eigenvalue weighted by atomic mass is 32.1. The number of benzene rings is 1. The standard InChI is InChI=1S/C13H15NO2S/c1-9(15)14-6-5-10-8-17-13-7-11(16-2)3-4-12(10)13/h3-4,7-8H,5-6H2,1-2H3,(H,14,15). The molecule has 0 aliphatic rings. The molecule has 3 nitrogen and oxygen atoms in total. The number of nitrogens with one attached hydrogen (secondary N) is 1. The molecule has 1 aromatic carbocycles. The van der Waals surface area contributed by atoms with Gasteiger partial charge in [0.05, 0.1) is 7.11 Å². The molecule has 0 fully saturated rings. The summed E-state index contributed by atoms with van der Waals surface area (Å²) in [6.45, 7) is 2.23. The van der Waals surface area contributed by atoms with Crippen molar-refractivity contribution in [3.63, 3.8) is 0 Å². The minimum Gasteiger partial charge on any atom is -0.497 e. The van der Waals surface area contributed by atoms with Gasteiger partial charge in [0.25, 0.3) is 0 Å². The summed E-state index contributed by atoms with van der Waals surface area (Å²) in [5.74, 6) is 0.902. The van der Waals surface area contributed by atoms with E-state index < -0.39 is 0 Å². The molecule has 4 heteroatoms. The molecule has 0 aliphatic carbocycles. The zero-order valence-corrected chi connectivity index (χ0v) is 10.8. The Kier molecular flexibility index (Phi) is 3.64. The van der Waals surface area contributed by atoms with Crippen LogP contribution in [-0.4, -0.2) is 19.6 Å². The van der Waals surface area contributed by atoms with E-state index in [9.17, 15) is 4.79 Å². The molecule has 1 heterocycles. The lowest BCUT2D eigenvalue weighted by atomic mass is 10.1. The highest BCUT2D eigenvalue weighted by Crippen LogP contribution is 2.29. The van der Waals surface area contributed by atoms with Crippen LogP contribution >= 0.6 is 11.3 Å². The summed E-state index contributed by atoms with van der Waals surface area (Å²) in [5, 5.41) is 6.21. The molecule has 0 saturated heterocycles. The highest BCUT2D eigenvalue weighted by molar-refractivity contribution is 7.17. The molecule has 2 aromatic rings. The summed E-state index contributed by atoms with van der Waals surface area (Å²) in [4.78, 5) is 10.8. The maximum absolute atomic E-state index is 10.8. The molecule has 0 bridgehead atoms. The normalized spacial score (nSPS) is 10.5. The second kappa shape index (κ2) is 5.19. The number of thiophene rings is 1. The first-order valence-corrected chi connectivity index (χ1v) is 6.37. The number of ether oxygens (including phenoxy) is 1. The quantitative estimate of drug-likeness (QED) is 0.904. The third-order valence-corrected chi connectivity index (χ3v) is 3.63. The van der Waals surface area contributed by atoms with Gasteiger partial charge in [-0.2, -0.15) is 0 Å². The van der Waals surface area contributed by atoms with Gasteiger partial charge < -0.3 is 10.1 Å². The molecule has 0 unspecified atom stereocenters. The van der Waals surface area contributed by atoms with Gasteiger partial charge in [-0.25, -0.2) is 0 Å². The van der Waals surface area contributed by atoms with Gasteiger partial charge in [-0.15, -0.1) is 11.3 Å². The van der Waals surface area contributed by atoms with Crippen molar-refractivity contribution < 1.29 is 9.53 Å². The van der Waals surface area contributed by atoms with Crippen LogP contribution in [0.2, 0.25) is 0 Å². The molecule has 1 aromatic heterocycles. The molecule has 90 valence electrons. The molecule has 0 spiro atoms. The number of carbonyl (C=O) groups excluding carboxylic acids is 1. The topological polar surface area (TPSA) is 38.3 Å². The molecule has 0 radical (unpaired) electrons. The zero-order valence-electron chi connectivity index (χ0n) is 9.95. The fraction of sp³-hybridized carbons (Fsp3) is 0.308. The Balaban J connectivity index is 2.16. The molecule has 1 amide bonds. The molecule has 0 saturated carbocycles. The molecular formula is C13H15NO2S. The predicted molar refractivity (Wildman–Crippen MR) is 70.8 cm³/mol. The van der Waals surface area contributed by atoms with E-state index >= 15 is 0 Å². The number of carbonyl (C=O) groups is 1. The van der Waals surface area contributed by atoms with E-state index in [1.54, 1.807) is 18.4 Å². The van der Waals surface area contributed by atoms with Crippen molar-refractivity contribution >= 4 is 27.3 Å². The van der Waals surface area contributed by atoms with Crippen LogP contribution in [0.5, 0.6) is 5.75 Å². The summed E-state index contributed by atoms with van der Waals surface area (Å²) in [6, 6.07) is 6.09. The smallest absolute Gasteiger partial charge is 0.216 e. The van der Waals surface area contributed by atoms with E-state index in [-0.39, 0.29) is 5.91 Å². The average Bonchev–Trinajstić information content (AvgIpc) is 2.71. The number of methoxy groups -OCH3 is 1. The van der Waals surface area contributed by atoms with Crippen LogP contribution in [-0.2, 0) is 11.2 Å². The lowest BCUT2D eigenvalue weighted by Gasteiger charge is -2.02. The maximum atomic E-state index is 10.8. The highest BCUT2D eigenvalue weighted by Gasteiger charge is 2.05. The number of hydrogen-bond donors (Lipinski definition) is 1. The van der Waals surface area contributed by atoms with Crippen LogP contribution in [0.15, 0.2) is 23.6 Å². The van der Waals surface area contributed by atoms with E-state index in [0.29, 0.717) is 6.54 Å². The monoisotopic (exact) mass is 249 g/mol. The van der Waals surface area contributed by atoms with Crippen molar-refractivity contribution in [3.05, 3.63) is 29.1 Å². The van der Waals surface area contributed by atoms with Crippen molar-refractivity contribution in [1.29, 1.82) is 0 Å². The Morgan fingerprint density at radius 2 is 2.29 bits per heavy atom. The summed E-state index contributed by atoms with van der Waals surface area (Å²) >= 11 is 1.71. The zero-order chi connectivity index (χ0) is 12.3. The van der Waals surface area contributed by atoms with Crippen molar-refractivity contribution in [2.45, 2.75) is 13.3 Å². The van der Waals surface area contributed by atoms with Gasteiger partial charge in [0.1, 0.15) is 5.75 Å². The molecule has 2 rings (SSSR count). The Morgan fingerprint density at radius 3 is 3.00 bits per heavy atom. The van der Waals surface area contributed by atoms with Gasteiger partial charge in [0.2, 0.25) is 5.91 Å². The number of hydrogen-bond acceptors (Lipinski definition) is 3. The minimum absolute atomic E-state index is 0.0196. The van der Waals surface area contributed by atoms with Gasteiger partial charge in [-0.3, -0.25) is 4.79 Å². The van der Waals surface area contributed by atoms with Crippen LogP contribution in [0.4, 0.5) is 0 Å². The van der Waals surface area contributed by atoms with Crippen molar-refractivity contribution in [3.8, 4) is 5.75 Å². The fourth-order valence-corrected chi connectivity index (χ4v) is 2.78. The Hall–Kier alpha value is -1.55. The predicted octanol–water partition coefficient (Wildman–Crippen LogP) is 2.59. The Labute approximate surface area is 104 Å². The molecule has 17 heavy (non-hydrogen) atoms. The van der Waals surface area contributed by atoms with E-state index in [1.807, 2.05) is 12.1 Å². The third-order valence-electron chi connectivity index (χ3n) is 2.63. The molecule has 0 aliphatic heterocycles. The van der Waals surface area contributed by atoms with Crippen molar-refractivity contribution in [2.24, 2.45) is 0 Å². The fourth-order valence-electron chi connectivity index (χ4n) is 1.76. The average molecular weight is 249 g/mol. The van der Waals surface area contributed by atoms with Gasteiger partial charge >= 0.3 is 0 Å². The second-order valence-corrected chi connectivity index (χ2v) is 4.77. The summed E-state index contributed by atoms with van der Waals surface area (Å²) in [7, 11) is 1.67. The first-order chi connectivity index (χ1) is 8.20. The SMILES string of the molecule is COc1ccc2c(CCNC(C)=O)csc2c1. The van der Waals surface area contributed by atoms with Crippen LogP contribution in [0, 0.1) is 0 Å². The summed E-state index contributed by atoms with van der Waals surface area (Å²) in [6.07, 6.45) is 0.867. The van der Waals surface area contributed by atoms with Gasteiger partial charge in [-0.05, 0) is 40.9 Å². The number of amides is 1. The lowest BCUT2D eigenvalue weighted by molar-refractivity contribution is -0.118. The molecular weight excluding hydrogens is 234 g/mol. The Bertz CT molecular complexity index is 533. The van der Waals surface area contributed by atoms with Crippen LogP contribution in [0.25, 0.3) is 10.1 Å². The van der Waals surface area contributed by atoms with Crippen LogP contribution < -0.4 is 10.1 Å². The van der Waals surface area contributed by atoms with Crippen molar-refractivity contribution in [2.75, 3.05) is 13.7 Å². The van der Waals surface area contributed by atoms with E-state index in [2.05, 4.69) is 16.8 Å². The van der Waals surface area contributed by atoms with Crippen LogP contribution in [0.3, 0.4) is 0 Å². The number of fused-ring (bicyclic) bond motifs is 1. The van der Waals surface area contributed by atoms with Crippen LogP contribution in [0.1, 0.15) is 12.5 Å². The van der Waals surface area contributed by atoms with Gasteiger partial charge in [0.15, 0.2) is 0 Å². The first-order valence-electron chi connectivity index (χ1n) is 5.49.